The van der Waals surface area contributed by atoms with Crippen molar-refractivity contribution in [2.75, 3.05) is 6.54 Å². The smallest absolute Gasteiger partial charge is 0.0372 e. The molecule has 19 heavy (non-hydrogen) atoms. The lowest BCUT2D eigenvalue weighted by Gasteiger charge is -2.20. The molecule has 1 unspecified atom stereocenters. The third-order valence-electron chi connectivity index (χ3n) is 3.11. The largest absolute Gasteiger partial charge is 0.310 e. The molecule has 2 heterocycles. The lowest BCUT2D eigenvalue weighted by molar-refractivity contribution is 0.529. The highest BCUT2D eigenvalue weighted by Crippen LogP contribution is 2.26. The van der Waals surface area contributed by atoms with Gasteiger partial charge in [-0.15, -0.1) is 11.3 Å². The number of rotatable bonds is 6. The summed E-state index contributed by atoms with van der Waals surface area (Å²) in [6.45, 7) is 5.37. The van der Waals surface area contributed by atoms with E-state index in [-0.39, 0.29) is 0 Å². The summed E-state index contributed by atoms with van der Waals surface area (Å²) in [6, 6.07) is 4.71. The number of thiophene rings is 1. The van der Waals surface area contributed by atoms with Crippen molar-refractivity contribution in [1.29, 1.82) is 0 Å². The molecule has 102 valence electrons. The SMILES string of the molecule is CCCNC(Cc1cc(Br)cs1)c1ccncc1C. The first-order valence-corrected chi connectivity index (χ1v) is 8.24. The molecule has 0 radical (unpaired) electrons. The van der Waals surface area contributed by atoms with Crippen LogP contribution >= 0.6 is 27.3 Å². The molecule has 0 bridgehead atoms. The van der Waals surface area contributed by atoms with Crippen LogP contribution in [-0.2, 0) is 6.42 Å². The van der Waals surface area contributed by atoms with Crippen LogP contribution in [0.1, 0.15) is 35.4 Å². The van der Waals surface area contributed by atoms with E-state index < -0.39 is 0 Å². The van der Waals surface area contributed by atoms with Gasteiger partial charge in [-0.25, -0.2) is 0 Å². The van der Waals surface area contributed by atoms with Crippen molar-refractivity contribution in [2.45, 2.75) is 32.7 Å². The molecule has 4 heteroatoms. The van der Waals surface area contributed by atoms with Gasteiger partial charge in [-0.3, -0.25) is 4.98 Å². The average Bonchev–Trinajstić information content (AvgIpc) is 2.81. The maximum atomic E-state index is 4.19. The van der Waals surface area contributed by atoms with Gasteiger partial charge in [0.05, 0.1) is 0 Å². The van der Waals surface area contributed by atoms with Crippen LogP contribution in [0.15, 0.2) is 34.4 Å². The molecular formula is C15H19BrN2S. The summed E-state index contributed by atoms with van der Waals surface area (Å²) < 4.78 is 1.17. The Labute approximate surface area is 127 Å². The minimum Gasteiger partial charge on any atom is -0.310 e. The molecule has 0 amide bonds. The van der Waals surface area contributed by atoms with Crippen molar-refractivity contribution in [2.24, 2.45) is 0 Å². The van der Waals surface area contributed by atoms with Crippen LogP contribution in [-0.4, -0.2) is 11.5 Å². The van der Waals surface area contributed by atoms with Crippen LogP contribution in [0.4, 0.5) is 0 Å². The fourth-order valence-electron chi connectivity index (χ4n) is 2.15. The van der Waals surface area contributed by atoms with E-state index in [9.17, 15) is 0 Å². The lowest BCUT2D eigenvalue weighted by atomic mass is 10.00. The van der Waals surface area contributed by atoms with Crippen LogP contribution in [0, 0.1) is 6.92 Å². The monoisotopic (exact) mass is 338 g/mol. The van der Waals surface area contributed by atoms with Gasteiger partial charge in [0, 0.05) is 39.6 Å². The quantitative estimate of drug-likeness (QED) is 0.838. The van der Waals surface area contributed by atoms with Gasteiger partial charge in [-0.05, 0) is 59.1 Å². The highest BCUT2D eigenvalue weighted by Gasteiger charge is 2.14. The van der Waals surface area contributed by atoms with Crippen LogP contribution in [0.2, 0.25) is 0 Å². The van der Waals surface area contributed by atoms with E-state index in [1.807, 2.05) is 23.7 Å². The Hall–Kier alpha value is -0.710. The van der Waals surface area contributed by atoms with Gasteiger partial charge in [0.25, 0.3) is 0 Å². The highest BCUT2D eigenvalue weighted by atomic mass is 79.9. The van der Waals surface area contributed by atoms with E-state index >= 15 is 0 Å². The summed E-state index contributed by atoms with van der Waals surface area (Å²) in [7, 11) is 0. The van der Waals surface area contributed by atoms with E-state index in [1.165, 1.54) is 20.5 Å². The standard InChI is InChI=1S/C15H19BrN2S/c1-3-5-18-15(8-13-7-12(16)10-19-13)14-4-6-17-9-11(14)2/h4,6-7,9-10,15,18H,3,5,8H2,1-2H3. The number of hydrogen-bond donors (Lipinski definition) is 1. The minimum atomic E-state index is 0.369. The topological polar surface area (TPSA) is 24.9 Å². The molecular weight excluding hydrogens is 320 g/mol. The number of hydrogen-bond acceptors (Lipinski definition) is 3. The normalized spacial score (nSPS) is 12.6. The van der Waals surface area contributed by atoms with Gasteiger partial charge in [0.1, 0.15) is 0 Å². The number of nitrogens with one attached hydrogen (secondary N) is 1. The number of nitrogens with zero attached hydrogens (tertiary/aromatic N) is 1. The second kappa shape index (κ2) is 7.17. The van der Waals surface area contributed by atoms with Crippen LogP contribution in [0.3, 0.4) is 0 Å². The summed E-state index contributed by atoms with van der Waals surface area (Å²) in [6.07, 6.45) is 6.00. The van der Waals surface area contributed by atoms with Gasteiger partial charge < -0.3 is 5.32 Å². The molecule has 0 fully saturated rings. The van der Waals surface area contributed by atoms with E-state index in [2.05, 4.69) is 57.6 Å². The van der Waals surface area contributed by atoms with Gasteiger partial charge in [-0.1, -0.05) is 6.92 Å². The summed E-state index contributed by atoms with van der Waals surface area (Å²) in [5, 5.41) is 5.79. The number of halogens is 1. The predicted octanol–water partition coefficient (Wildman–Crippen LogP) is 4.50. The van der Waals surface area contributed by atoms with Crippen molar-refractivity contribution in [3.8, 4) is 0 Å². The Morgan fingerprint density at radius 3 is 2.95 bits per heavy atom. The van der Waals surface area contributed by atoms with Crippen molar-refractivity contribution in [3.63, 3.8) is 0 Å². The van der Waals surface area contributed by atoms with Gasteiger partial charge in [0.2, 0.25) is 0 Å². The number of pyridine rings is 1. The molecule has 0 spiro atoms. The van der Waals surface area contributed by atoms with E-state index in [0.717, 1.165) is 19.4 Å². The first-order chi connectivity index (χ1) is 9.20. The fourth-order valence-corrected chi connectivity index (χ4v) is 3.65. The maximum absolute atomic E-state index is 4.19. The number of aryl methyl sites for hydroxylation is 1. The summed E-state index contributed by atoms with van der Waals surface area (Å²) in [4.78, 5) is 5.59. The molecule has 0 aromatic carbocycles. The molecule has 2 aromatic rings. The van der Waals surface area contributed by atoms with E-state index in [0.29, 0.717) is 6.04 Å². The summed E-state index contributed by atoms with van der Waals surface area (Å²) >= 11 is 5.33. The molecule has 0 aliphatic heterocycles. The molecule has 0 aliphatic carbocycles. The molecule has 1 atom stereocenters. The molecule has 0 saturated carbocycles. The molecule has 0 saturated heterocycles. The van der Waals surface area contributed by atoms with E-state index in [4.69, 9.17) is 0 Å². The first-order valence-electron chi connectivity index (χ1n) is 6.57. The Balaban J connectivity index is 2.18. The van der Waals surface area contributed by atoms with Crippen LogP contribution in [0.25, 0.3) is 0 Å². The number of aromatic nitrogens is 1. The zero-order valence-electron chi connectivity index (χ0n) is 11.3. The molecule has 2 rings (SSSR count). The third-order valence-corrected chi connectivity index (χ3v) is 4.83. The molecule has 1 N–H and O–H groups in total. The Morgan fingerprint density at radius 2 is 2.32 bits per heavy atom. The second-order valence-electron chi connectivity index (χ2n) is 4.67. The van der Waals surface area contributed by atoms with Gasteiger partial charge >= 0.3 is 0 Å². The zero-order chi connectivity index (χ0) is 13.7. The third kappa shape index (κ3) is 4.13. The van der Waals surface area contributed by atoms with Crippen molar-refractivity contribution in [3.05, 3.63) is 50.4 Å². The van der Waals surface area contributed by atoms with Crippen LogP contribution < -0.4 is 5.32 Å². The van der Waals surface area contributed by atoms with Crippen molar-refractivity contribution >= 4 is 27.3 Å². The highest BCUT2D eigenvalue weighted by molar-refractivity contribution is 9.10. The van der Waals surface area contributed by atoms with Crippen molar-refractivity contribution < 1.29 is 0 Å². The Bertz CT molecular complexity index is 524. The van der Waals surface area contributed by atoms with Gasteiger partial charge in [0.15, 0.2) is 0 Å². The molecule has 2 nitrogen and oxygen atoms in total. The average molecular weight is 339 g/mol. The fraction of sp³-hybridized carbons (Fsp3) is 0.400. The van der Waals surface area contributed by atoms with E-state index in [1.54, 1.807) is 0 Å². The second-order valence-corrected chi connectivity index (χ2v) is 6.59. The summed E-state index contributed by atoms with van der Waals surface area (Å²) in [5.74, 6) is 0. The van der Waals surface area contributed by atoms with Gasteiger partial charge in [-0.2, -0.15) is 0 Å². The first kappa shape index (κ1) is 14.7. The zero-order valence-corrected chi connectivity index (χ0v) is 13.7. The minimum absolute atomic E-state index is 0.369. The Kier molecular flexibility index (Phi) is 5.55. The summed E-state index contributed by atoms with van der Waals surface area (Å²) in [5.41, 5.74) is 2.61. The predicted molar refractivity (Wildman–Crippen MR) is 85.7 cm³/mol. The van der Waals surface area contributed by atoms with Crippen LogP contribution in [0.5, 0.6) is 0 Å². The molecule has 2 aromatic heterocycles. The van der Waals surface area contributed by atoms with Crippen molar-refractivity contribution in [1.82, 2.24) is 10.3 Å². The molecule has 0 aliphatic rings. The lowest BCUT2D eigenvalue weighted by Crippen LogP contribution is -2.24. The maximum Gasteiger partial charge on any atom is 0.0372 e. The Morgan fingerprint density at radius 1 is 1.47 bits per heavy atom.